The maximum atomic E-state index is 12.2. The zero-order valence-corrected chi connectivity index (χ0v) is 16.5. The van der Waals surface area contributed by atoms with E-state index >= 15 is 0 Å². The van der Waals surface area contributed by atoms with E-state index in [0.29, 0.717) is 23.8 Å². The minimum Gasteiger partial charge on any atom is -0.494 e. The van der Waals surface area contributed by atoms with Crippen molar-refractivity contribution in [2.75, 3.05) is 18.9 Å². The largest absolute Gasteiger partial charge is 0.494 e. The van der Waals surface area contributed by atoms with E-state index in [4.69, 9.17) is 4.74 Å². The second-order valence-corrected chi connectivity index (χ2v) is 7.14. The number of benzene rings is 1. The van der Waals surface area contributed by atoms with Crippen LogP contribution < -0.4 is 15.4 Å². The third-order valence-corrected chi connectivity index (χ3v) is 5.17. The molecule has 2 amide bonds. The summed E-state index contributed by atoms with van der Waals surface area (Å²) in [6.45, 7) is 5.19. The fourth-order valence-electron chi connectivity index (χ4n) is 2.77. The van der Waals surface area contributed by atoms with Crippen LogP contribution in [0, 0.1) is 11.3 Å². The quantitative estimate of drug-likeness (QED) is 0.636. The van der Waals surface area contributed by atoms with Gasteiger partial charge in [0.15, 0.2) is 0 Å². The second kappa shape index (κ2) is 10.6. The molecule has 6 nitrogen and oxygen atoms in total. The molecule has 0 spiro atoms. The van der Waals surface area contributed by atoms with Crippen LogP contribution >= 0.6 is 11.8 Å². The number of ether oxygens (including phenoxy) is 1. The van der Waals surface area contributed by atoms with E-state index in [9.17, 15) is 14.9 Å². The summed E-state index contributed by atoms with van der Waals surface area (Å²) in [5.41, 5.74) is 1.38. The molecule has 7 heteroatoms. The van der Waals surface area contributed by atoms with Crippen molar-refractivity contribution in [1.82, 2.24) is 10.6 Å². The number of allylic oxidation sites excluding steroid dienone is 1. The Morgan fingerprint density at radius 3 is 2.74 bits per heavy atom. The molecule has 1 aliphatic rings. The number of nitrogens with zero attached hydrogens (tertiary/aromatic N) is 1. The Labute approximate surface area is 164 Å². The molecule has 0 aliphatic carbocycles. The van der Waals surface area contributed by atoms with E-state index in [1.165, 1.54) is 11.8 Å². The third-order valence-electron chi connectivity index (χ3n) is 4.15. The van der Waals surface area contributed by atoms with Gasteiger partial charge in [-0.3, -0.25) is 9.59 Å². The van der Waals surface area contributed by atoms with Crippen LogP contribution in [0.1, 0.15) is 44.6 Å². The van der Waals surface area contributed by atoms with Gasteiger partial charge >= 0.3 is 0 Å². The Bertz CT molecular complexity index is 738. The first-order valence-electron chi connectivity index (χ1n) is 9.15. The van der Waals surface area contributed by atoms with Gasteiger partial charge in [0.05, 0.1) is 29.0 Å². The molecule has 27 heavy (non-hydrogen) atoms. The Kier molecular flexibility index (Phi) is 8.21. The number of nitriles is 1. The van der Waals surface area contributed by atoms with Crippen LogP contribution in [0.2, 0.25) is 0 Å². The SMILES string of the molecule is CCCCNC(=O)CSC1=C(C#N)[C@H](c2ccc(OCC)cc2)CC(=O)N1. The average Bonchev–Trinajstić information content (AvgIpc) is 2.67. The maximum Gasteiger partial charge on any atom is 0.230 e. The first kappa shape index (κ1) is 20.8. The van der Waals surface area contributed by atoms with Crippen molar-refractivity contribution in [3.63, 3.8) is 0 Å². The van der Waals surface area contributed by atoms with E-state index < -0.39 is 0 Å². The molecule has 0 fully saturated rings. The number of thioether (sulfide) groups is 1. The normalized spacial score (nSPS) is 16.5. The predicted molar refractivity (Wildman–Crippen MR) is 106 cm³/mol. The molecule has 0 unspecified atom stereocenters. The molecule has 1 heterocycles. The topological polar surface area (TPSA) is 91.2 Å². The summed E-state index contributed by atoms with van der Waals surface area (Å²) in [6, 6.07) is 9.66. The van der Waals surface area contributed by atoms with Crippen LogP contribution in [0.5, 0.6) is 5.75 Å². The van der Waals surface area contributed by atoms with E-state index in [2.05, 4.69) is 23.6 Å². The number of nitrogens with one attached hydrogen (secondary N) is 2. The molecular formula is C20H25N3O3S. The van der Waals surface area contributed by atoms with E-state index in [1.807, 2.05) is 31.2 Å². The molecule has 1 aromatic rings. The summed E-state index contributed by atoms with van der Waals surface area (Å²) < 4.78 is 5.44. The van der Waals surface area contributed by atoms with Crippen LogP contribution in [0.25, 0.3) is 0 Å². The smallest absolute Gasteiger partial charge is 0.230 e. The monoisotopic (exact) mass is 387 g/mol. The van der Waals surface area contributed by atoms with E-state index in [-0.39, 0.29) is 29.9 Å². The second-order valence-electron chi connectivity index (χ2n) is 6.15. The van der Waals surface area contributed by atoms with Gasteiger partial charge in [-0.2, -0.15) is 5.26 Å². The summed E-state index contributed by atoms with van der Waals surface area (Å²) in [6.07, 6.45) is 2.15. The number of carbonyl (C=O) groups excluding carboxylic acids is 2. The highest BCUT2D eigenvalue weighted by Gasteiger charge is 2.29. The van der Waals surface area contributed by atoms with Gasteiger partial charge in [0.25, 0.3) is 0 Å². The van der Waals surface area contributed by atoms with Crippen molar-refractivity contribution >= 4 is 23.6 Å². The molecular weight excluding hydrogens is 362 g/mol. The van der Waals surface area contributed by atoms with Crippen molar-refractivity contribution in [1.29, 1.82) is 5.26 Å². The number of unbranched alkanes of at least 4 members (excludes halogenated alkanes) is 1. The fraction of sp³-hybridized carbons (Fsp3) is 0.450. The summed E-state index contributed by atoms with van der Waals surface area (Å²) in [5, 5.41) is 15.7. The van der Waals surface area contributed by atoms with Crippen molar-refractivity contribution in [2.24, 2.45) is 0 Å². The first-order valence-corrected chi connectivity index (χ1v) is 10.1. The standard InChI is InChI=1S/C20H25N3O3S/c1-3-5-10-22-19(25)13-27-20-17(12-21)16(11-18(24)23-20)14-6-8-15(9-7-14)26-4-2/h6-9,16H,3-5,10-11,13H2,1-2H3,(H,22,25)(H,23,24)/t16-/m0/s1. The Morgan fingerprint density at radius 1 is 1.37 bits per heavy atom. The number of rotatable bonds is 9. The van der Waals surface area contributed by atoms with Crippen LogP contribution in [0.3, 0.4) is 0 Å². The molecule has 0 aromatic heterocycles. The molecule has 0 bridgehead atoms. The molecule has 1 aromatic carbocycles. The average molecular weight is 388 g/mol. The maximum absolute atomic E-state index is 12.2. The Balaban J connectivity index is 2.13. The van der Waals surface area contributed by atoms with Crippen molar-refractivity contribution < 1.29 is 14.3 Å². The van der Waals surface area contributed by atoms with Gasteiger partial charge in [0, 0.05) is 18.9 Å². The molecule has 0 saturated heterocycles. The van der Waals surface area contributed by atoms with Gasteiger partial charge in [-0.15, -0.1) is 0 Å². The third kappa shape index (κ3) is 6.04. The number of hydrogen-bond donors (Lipinski definition) is 2. The fourth-order valence-corrected chi connectivity index (χ4v) is 3.68. The lowest BCUT2D eigenvalue weighted by Gasteiger charge is -2.25. The van der Waals surface area contributed by atoms with Crippen LogP contribution in [0.15, 0.2) is 34.9 Å². The van der Waals surface area contributed by atoms with Gasteiger partial charge in [-0.25, -0.2) is 0 Å². The Morgan fingerprint density at radius 2 is 2.11 bits per heavy atom. The van der Waals surface area contributed by atoms with Gasteiger partial charge < -0.3 is 15.4 Å². The number of hydrogen-bond acceptors (Lipinski definition) is 5. The molecule has 2 rings (SSSR count). The van der Waals surface area contributed by atoms with Crippen molar-refractivity contribution in [3.8, 4) is 11.8 Å². The van der Waals surface area contributed by atoms with Gasteiger partial charge in [0.2, 0.25) is 11.8 Å². The highest BCUT2D eigenvalue weighted by atomic mass is 32.2. The Hall–Kier alpha value is -2.46. The lowest BCUT2D eigenvalue weighted by Crippen LogP contribution is -2.32. The van der Waals surface area contributed by atoms with Gasteiger partial charge in [-0.1, -0.05) is 37.2 Å². The van der Waals surface area contributed by atoms with Crippen LogP contribution in [-0.4, -0.2) is 30.7 Å². The highest BCUT2D eigenvalue weighted by Crippen LogP contribution is 2.36. The van der Waals surface area contributed by atoms with Gasteiger partial charge in [0.1, 0.15) is 5.75 Å². The first-order chi connectivity index (χ1) is 13.1. The van der Waals surface area contributed by atoms with Crippen molar-refractivity contribution in [3.05, 3.63) is 40.4 Å². The summed E-state index contributed by atoms with van der Waals surface area (Å²) >= 11 is 1.20. The van der Waals surface area contributed by atoms with E-state index in [0.717, 1.165) is 24.2 Å². The summed E-state index contributed by atoms with van der Waals surface area (Å²) in [4.78, 5) is 24.1. The lowest BCUT2D eigenvalue weighted by molar-refractivity contribution is -0.121. The molecule has 1 atom stereocenters. The zero-order chi connectivity index (χ0) is 19.6. The molecule has 0 saturated carbocycles. The summed E-state index contributed by atoms with van der Waals surface area (Å²) in [5.74, 6) is 0.352. The summed E-state index contributed by atoms with van der Waals surface area (Å²) in [7, 11) is 0. The van der Waals surface area contributed by atoms with Gasteiger partial charge in [-0.05, 0) is 31.0 Å². The molecule has 0 radical (unpaired) electrons. The van der Waals surface area contributed by atoms with Crippen LogP contribution in [-0.2, 0) is 9.59 Å². The van der Waals surface area contributed by atoms with Crippen molar-refractivity contribution in [2.45, 2.75) is 39.0 Å². The number of amides is 2. The zero-order valence-electron chi connectivity index (χ0n) is 15.7. The molecule has 2 N–H and O–H groups in total. The van der Waals surface area contributed by atoms with E-state index in [1.54, 1.807) is 0 Å². The molecule has 1 aliphatic heterocycles. The highest BCUT2D eigenvalue weighted by molar-refractivity contribution is 8.03. The molecule has 144 valence electrons. The number of carbonyl (C=O) groups is 2. The lowest BCUT2D eigenvalue weighted by atomic mass is 9.87. The predicted octanol–water partition coefficient (Wildman–Crippen LogP) is 3.07. The minimum atomic E-state index is -0.315. The minimum absolute atomic E-state index is 0.101. The van der Waals surface area contributed by atoms with Crippen LogP contribution in [0.4, 0.5) is 0 Å².